The zero-order valence-corrected chi connectivity index (χ0v) is 31.8. The van der Waals surface area contributed by atoms with Crippen LogP contribution in [-0.4, -0.2) is 26.7 Å². The maximum absolute atomic E-state index is 7.03. The second-order valence-electron chi connectivity index (χ2n) is 15.3. The average Bonchev–Trinajstić information content (AvgIpc) is 3.70. The van der Waals surface area contributed by atoms with Crippen LogP contribution in [0.2, 0.25) is 0 Å². The zero-order chi connectivity index (χ0) is 38.9. The van der Waals surface area contributed by atoms with Gasteiger partial charge in [-0.3, -0.25) is 4.99 Å². The van der Waals surface area contributed by atoms with Crippen LogP contribution < -0.4 is 0 Å². The lowest BCUT2D eigenvalue weighted by atomic mass is 9.79. The second-order valence-corrected chi connectivity index (χ2v) is 15.3. The molecular formula is C54H34N4O. The molecule has 0 saturated carbocycles. The summed E-state index contributed by atoms with van der Waals surface area (Å²) in [5.41, 5.74) is 11.1. The number of furan rings is 1. The third-order valence-corrected chi connectivity index (χ3v) is 11.8. The molecule has 276 valence electrons. The van der Waals surface area contributed by atoms with Crippen LogP contribution >= 0.6 is 0 Å². The van der Waals surface area contributed by atoms with Crippen molar-refractivity contribution in [3.63, 3.8) is 0 Å². The van der Waals surface area contributed by atoms with Crippen molar-refractivity contribution >= 4 is 49.2 Å². The number of hydrogen-bond donors (Lipinski definition) is 0. The van der Waals surface area contributed by atoms with Gasteiger partial charge in [-0.1, -0.05) is 176 Å². The van der Waals surface area contributed by atoms with Crippen molar-refractivity contribution in [2.24, 2.45) is 4.99 Å². The smallest absolute Gasteiger partial charge is 0.164 e. The Balaban J connectivity index is 0.972. The number of para-hydroxylation sites is 1. The minimum absolute atomic E-state index is 0.00689. The molecule has 0 bridgehead atoms. The average molecular weight is 755 g/mol. The fourth-order valence-corrected chi connectivity index (χ4v) is 8.90. The van der Waals surface area contributed by atoms with E-state index in [1.807, 2.05) is 6.07 Å². The summed E-state index contributed by atoms with van der Waals surface area (Å²) in [7, 11) is 0. The molecule has 0 saturated heterocycles. The van der Waals surface area contributed by atoms with E-state index in [4.69, 9.17) is 24.4 Å². The number of allylic oxidation sites excluding steroid dienone is 2. The van der Waals surface area contributed by atoms with Crippen molar-refractivity contribution < 1.29 is 4.42 Å². The minimum atomic E-state index is 0.00689. The number of aromatic nitrogens is 3. The predicted octanol–water partition coefficient (Wildman–Crippen LogP) is 13.2. The fourth-order valence-electron chi connectivity index (χ4n) is 8.90. The zero-order valence-electron chi connectivity index (χ0n) is 31.8. The summed E-state index contributed by atoms with van der Waals surface area (Å²) in [5.74, 6) is 1.98. The third-order valence-electron chi connectivity index (χ3n) is 11.8. The van der Waals surface area contributed by atoms with E-state index in [-0.39, 0.29) is 12.0 Å². The largest absolute Gasteiger partial charge is 0.455 e. The lowest BCUT2D eigenvalue weighted by Crippen LogP contribution is -2.25. The van der Waals surface area contributed by atoms with E-state index in [0.29, 0.717) is 17.5 Å². The molecule has 2 atom stereocenters. The van der Waals surface area contributed by atoms with E-state index in [9.17, 15) is 0 Å². The van der Waals surface area contributed by atoms with Gasteiger partial charge in [0.15, 0.2) is 17.5 Å². The monoisotopic (exact) mass is 754 g/mol. The van der Waals surface area contributed by atoms with Gasteiger partial charge in [0.1, 0.15) is 11.2 Å². The Labute approximate surface area is 340 Å². The van der Waals surface area contributed by atoms with Gasteiger partial charge in [0.25, 0.3) is 0 Å². The Morgan fingerprint density at radius 3 is 1.66 bits per heavy atom. The van der Waals surface area contributed by atoms with E-state index in [0.717, 1.165) is 77.4 Å². The predicted molar refractivity (Wildman–Crippen MR) is 241 cm³/mol. The first-order valence-corrected chi connectivity index (χ1v) is 20.0. The van der Waals surface area contributed by atoms with E-state index in [2.05, 4.69) is 188 Å². The van der Waals surface area contributed by atoms with Crippen LogP contribution in [0.3, 0.4) is 0 Å². The van der Waals surface area contributed by atoms with E-state index in [1.165, 1.54) is 16.3 Å². The maximum atomic E-state index is 7.03. The number of benzene rings is 8. The van der Waals surface area contributed by atoms with E-state index < -0.39 is 0 Å². The first kappa shape index (κ1) is 33.4. The SMILES string of the molecule is C1=CC2N=C(c3ccccc3)c3ccc4c(oc5c(-c6ccc(-c7nc(-c8ccc9ccccc9c8)nc(-c8ccc9ccccc9c8)n7)cc6)cccc54)c3C2C=C1. The van der Waals surface area contributed by atoms with Crippen LogP contribution in [0.5, 0.6) is 0 Å². The molecule has 59 heavy (non-hydrogen) atoms. The highest BCUT2D eigenvalue weighted by molar-refractivity contribution is 6.19. The lowest BCUT2D eigenvalue weighted by Gasteiger charge is -2.30. The number of rotatable bonds is 5. The highest BCUT2D eigenvalue weighted by Crippen LogP contribution is 2.45. The molecular weight excluding hydrogens is 721 g/mol. The van der Waals surface area contributed by atoms with Gasteiger partial charge >= 0.3 is 0 Å². The van der Waals surface area contributed by atoms with Crippen molar-refractivity contribution in [1.29, 1.82) is 0 Å². The molecule has 2 unspecified atom stereocenters. The highest BCUT2D eigenvalue weighted by Gasteiger charge is 2.33. The molecule has 10 aromatic rings. The molecule has 2 aliphatic rings. The number of hydrogen-bond acceptors (Lipinski definition) is 5. The Morgan fingerprint density at radius 1 is 0.390 bits per heavy atom. The summed E-state index contributed by atoms with van der Waals surface area (Å²) in [5, 5.41) is 6.83. The molecule has 0 N–H and O–H groups in total. The molecule has 0 fully saturated rings. The Hall–Kier alpha value is -7.76. The van der Waals surface area contributed by atoms with E-state index in [1.54, 1.807) is 0 Å². The van der Waals surface area contributed by atoms with Crippen LogP contribution in [0.15, 0.2) is 204 Å². The van der Waals surface area contributed by atoms with Crippen LogP contribution in [0.4, 0.5) is 0 Å². The van der Waals surface area contributed by atoms with Gasteiger partial charge in [-0.05, 0) is 45.3 Å². The summed E-state index contributed by atoms with van der Waals surface area (Å²) in [6.07, 6.45) is 8.70. The molecule has 2 aromatic heterocycles. The van der Waals surface area contributed by atoms with E-state index >= 15 is 0 Å². The van der Waals surface area contributed by atoms with Gasteiger partial charge in [-0.25, -0.2) is 15.0 Å². The molecule has 5 nitrogen and oxygen atoms in total. The molecule has 8 aromatic carbocycles. The van der Waals surface area contributed by atoms with Crippen molar-refractivity contribution in [3.8, 4) is 45.3 Å². The van der Waals surface area contributed by atoms with Gasteiger partial charge in [0.05, 0.1) is 11.8 Å². The molecule has 12 rings (SSSR count). The Kier molecular flexibility index (Phi) is 7.60. The van der Waals surface area contributed by atoms with Crippen LogP contribution in [-0.2, 0) is 0 Å². The maximum Gasteiger partial charge on any atom is 0.164 e. The van der Waals surface area contributed by atoms with Crippen LogP contribution in [0, 0.1) is 0 Å². The van der Waals surface area contributed by atoms with Crippen LogP contribution in [0.1, 0.15) is 22.6 Å². The molecule has 0 spiro atoms. The van der Waals surface area contributed by atoms with Crippen molar-refractivity contribution in [2.45, 2.75) is 12.0 Å². The lowest BCUT2D eigenvalue weighted by molar-refractivity contribution is 0.641. The molecule has 3 heterocycles. The molecule has 0 radical (unpaired) electrons. The summed E-state index contributed by atoms with van der Waals surface area (Å²) < 4.78 is 7.03. The molecule has 5 heteroatoms. The van der Waals surface area contributed by atoms with Crippen molar-refractivity contribution in [3.05, 3.63) is 211 Å². The summed E-state index contributed by atoms with van der Waals surface area (Å²) in [4.78, 5) is 20.5. The summed E-state index contributed by atoms with van der Waals surface area (Å²) >= 11 is 0. The van der Waals surface area contributed by atoms with Gasteiger partial charge in [0.2, 0.25) is 0 Å². The Morgan fingerprint density at radius 2 is 0.966 bits per heavy atom. The quantitative estimate of drug-likeness (QED) is 0.175. The Bertz CT molecular complexity index is 3300. The first-order valence-electron chi connectivity index (χ1n) is 20.0. The van der Waals surface area contributed by atoms with Gasteiger partial charge in [-0.2, -0.15) is 0 Å². The van der Waals surface area contributed by atoms with Crippen molar-refractivity contribution in [2.75, 3.05) is 0 Å². The molecule has 0 amide bonds. The topological polar surface area (TPSA) is 64.2 Å². The van der Waals surface area contributed by atoms with Gasteiger partial charge < -0.3 is 4.42 Å². The van der Waals surface area contributed by atoms with Gasteiger partial charge in [0, 0.05) is 55.6 Å². The highest BCUT2D eigenvalue weighted by atomic mass is 16.3. The summed E-state index contributed by atoms with van der Waals surface area (Å²) in [6.45, 7) is 0. The van der Waals surface area contributed by atoms with Crippen molar-refractivity contribution in [1.82, 2.24) is 15.0 Å². The molecule has 1 aliphatic heterocycles. The fraction of sp³-hybridized carbons (Fsp3) is 0.0370. The minimum Gasteiger partial charge on any atom is -0.455 e. The standard InChI is InChI=1S/C54H34N4O/c1-2-13-36(14-3-1)49-46-30-29-44-43-19-10-18-42(50(43)59-51(44)48(46)45-17-8-9-20-47(45)55-49)35-23-25-37(26-24-35)52-56-53(40-27-21-33-11-4-6-15-38(33)31-40)58-54(57-52)41-28-22-34-12-5-7-16-39(34)32-41/h1-32,45,47H. The number of nitrogens with zero attached hydrogens (tertiary/aromatic N) is 4. The summed E-state index contributed by atoms with van der Waals surface area (Å²) in [6, 6.07) is 59.4. The number of fused-ring (bicyclic) bond motifs is 9. The first-order chi connectivity index (χ1) is 29.2. The third kappa shape index (κ3) is 5.62. The molecule has 1 aliphatic carbocycles. The second kappa shape index (κ2) is 13.4. The number of aliphatic imine (C=N–C) groups is 1. The normalized spacial score (nSPS) is 15.8. The van der Waals surface area contributed by atoms with Gasteiger partial charge in [-0.15, -0.1) is 0 Å². The van der Waals surface area contributed by atoms with Crippen LogP contribution in [0.25, 0.3) is 88.8 Å².